The summed E-state index contributed by atoms with van der Waals surface area (Å²) in [4.78, 5) is 10.7. The second-order valence-corrected chi connectivity index (χ2v) is 6.10. The second kappa shape index (κ2) is 5.94. The quantitative estimate of drug-likeness (QED) is 0.724. The monoisotopic (exact) mass is 306 g/mol. The van der Waals surface area contributed by atoms with E-state index in [2.05, 4.69) is 4.72 Å². The largest absolute Gasteiger partial charge is 0.478 e. The molecule has 0 heterocycles. The third-order valence-corrected chi connectivity index (χ3v) is 4.33. The molecule has 0 saturated heterocycles. The van der Waals surface area contributed by atoms with Gasteiger partial charge >= 0.3 is 5.97 Å². The Morgan fingerprint density at radius 1 is 1.14 bits per heavy atom. The molecular weight excluding hydrogens is 292 g/mol. The zero-order chi connectivity index (χ0) is 15.5. The summed E-state index contributed by atoms with van der Waals surface area (Å²) in [5, 5.41) is 8.83. The van der Waals surface area contributed by atoms with Gasteiger partial charge in [0.2, 0.25) is 10.0 Å². The van der Waals surface area contributed by atoms with Crippen LogP contribution in [-0.4, -0.2) is 19.5 Å². The molecule has 2 rings (SSSR count). The number of nitrogen functional groups attached to an aromatic ring is 1. The first-order valence-electron chi connectivity index (χ1n) is 6.06. The van der Waals surface area contributed by atoms with Crippen LogP contribution in [0.4, 0.5) is 5.69 Å². The van der Waals surface area contributed by atoms with Crippen molar-refractivity contribution in [2.45, 2.75) is 11.4 Å². The van der Waals surface area contributed by atoms with Crippen LogP contribution in [-0.2, 0) is 16.6 Å². The Balaban J connectivity index is 2.22. The van der Waals surface area contributed by atoms with E-state index in [9.17, 15) is 13.2 Å². The van der Waals surface area contributed by atoms with Crippen molar-refractivity contribution in [3.63, 3.8) is 0 Å². The van der Waals surface area contributed by atoms with Gasteiger partial charge in [0.15, 0.2) is 0 Å². The number of nitrogens with two attached hydrogens (primary N) is 1. The van der Waals surface area contributed by atoms with Crippen molar-refractivity contribution in [1.29, 1.82) is 0 Å². The molecular formula is C14H14N2O4S. The number of nitrogens with one attached hydrogen (secondary N) is 1. The van der Waals surface area contributed by atoms with Crippen LogP contribution < -0.4 is 10.5 Å². The summed E-state index contributed by atoms with van der Waals surface area (Å²) in [7, 11) is -3.80. The van der Waals surface area contributed by atoms with E-state index in [4.69, 9.17) is 10.8 Å². The topological polar surface area (TPSA) is 109 Å². The molecule has 0 radical (unpaired) electrons. The Labute approximate surface area is 122 Å². The Morgan fingerprint density at radius 3 is 2.38 bits per heavy atom. The summed E-state index contributed by atoms with van der Waals surface area (Å²) in [5.74, 6) is -1.16. The first kappa shape index (κ1) is 15.0. The van der Waals surface area contributed by atoms with Crippen molar-refractivity contribution in [2.75, 3.05) is 5.73 Å². The molecule has 0 aliphatic rings. The minimum atomic E-state index is -3.80. The van der Waals surface area contributed by atoms with Gasteiger partial charge in [-0.15, -0.1) is 0 Å². The summed E-state index contributed by atoms with van der Waals surface area (Å²) in [6.07, 6.45) is 0. The van der Waals surface area contributed by atoms with Crippen molar-refractivity contribution >= 4 is 21.7 Å². The van der Waals surface area contributed by atoms with Gasteiger partial charge in [0, 0.05) is 6.54 Å². The van der Waals surface area contributed by atoms with E-state index < -0.39 is 16.0 Å². The molecule has 21 heavy (non-hydrogen) atoms. The van der Waals surface area contributed by atoms with Crippen LogP contribution >= 0.6 is 0 Å². The van der Waals surface area contributed by atoms with E-state index in [0.717, 1.165) is 11.6 Å². The molecule has 2 aromatic carbocycles. The highest BCUT2D eigenvalue weighted by Crippen LogP contribution is 2.20. The molecule has 0 fully saturated rings. The maximum absolute atomic E-state index is 12.2. The molecule has 4 N–H and O–H groups in total. The minimum absolute atomic E-state index is 0.0606. The highest BCUT2D eigenvalue weighted by Gasteiger charge is 2.18. The number of benzene rings is 2. The molecule has 0 aliphatic carbocycles. The van der Waals surface area contributed by atoms with Gasteiger partial charge in [0.1, 0.15) is 4.90 Å². The molecule has 0 bridgehead atoms. The number of carboxylic acid groups (broad SMARTS) is 1. The van der Waals surface area contributed by atoms with E-state index in [1.807, 2.05) is 6.07 Å². The Hall–Kier alpha value is -2.38. The maximum Gasteiger partial charge on any atom is 0.335 e. The summed E-state index contributed by atoms with van der Waals surface area (Å²) in [6, 6.07) is 12.5. The zero-order valence-corrected chi connectivity index (χ0v) is 11.8. The number of carboxylic acids is 1. The summed E-state index contributed by atoms with van der Waals surface area (Å²) >= 11 is 0. The predicted molar refractivity (Wildman–Crippen MR) is 78.3 cm³/mol. The highest BCUT2D eigenvalue weighted by molar-refractivity contribution is 7.89. The number of anilines is 1. The van der Waals surface area contributed by atoms with Crippen molar-refractivity contribution < 1.29 is 18.3 Å². The van der Waals surface area contributed by atoms with Gasteiger partial charge in [0.05, 0.1) is 11.3 Å². The smallest absolute Gasteiger partial charge is 0.335 e. The number of hydrogen-bond acceptors (Lipinski definition) is 4. The predicted octanol–water partition coefficient (Wildman–Crippen LogP) is 1.45. The van der Waals surface area contributed by atoms with Gasteiger partial charge in [0.25, 0.3) is 0 Å². The van der Waals surface area contributed by atoms with Gasteiger partial charge in [-0.25, -0.2) is 17.9 Å². The van der Waals surface area contributed by atoms with Gasteiger partial charge in [-0.1, -0.05) is 30.3 Å². The van der Waals surface area contributed by atoms with Gasteiger partial charge < -0.3 is 10.8 Å². The van der Waals surface area contributed by atoms with Crippen molar-refractivity contribution in [1.82, 2.24) is 4.72 Å². The summed E-state index contributed by atoms with van der Waals surface area (Å²) < 4.78 is 26.8. The molecule has 0 unspecified atom stereocenters. The normalized spacial score (nSPS) is 11.2. The lowest BCUT2D eigenvalue weighted by molar-refractivity contribution is 0.0697. The highest BCUT2D eigenvalue weighted by atomic mass is 32.2. The lowest BCUT2D eigenvalue weighted by atomic mass is 10.2. The Bertz CT molecular complexity index is 758. The molecule has 0 atom stereocenters. The molecule has 6 nitrogen and oxygen atoms in total. The molecule has 0 spiro atoms. The first-order chi connectivity index (χ1) is 9.90. The lowest BCUT2D eigenvalue weighted by Gasteiger charge is -2.09. The maximum atomic E-state index is 12.2. The lowest BCUT2D eigenvalue weighted by Crippen LogP contribution is -2.24. The standard InChI is InChI=1S/C14H14N2O4S/c15-12-8-11(14(17)18)6-7-13(12)21(19,20)16-9-10-4-2-1-3-5-10/h1-8,16H,9,15H2,(H,17,18). The third kappa shape index (κ3) is 3.59. The number of sulfonamides is 1. The molecule has 0 amide bonds. The van der Waals surface area contributed by atoms with Crippen LogP contribution in [0.3, 0.4) is 0 Å². The summed E-state index contributed by atoms with van der Waals surface area (Å²) in [6.45, 7) is 0.128. The van der Waals surface area contributed by atoms with E-state index >= 15 is 0 Å². The van der Waals surface area contributed by atoms with Crippen LogP contribution in [0, 0.1) is 0 Å². The number of rotatable bonds is 5. The fraction of sp³-hybridized carbons (Fsp3) is 0.0714. The zero-order valence-electron chi connectivity index (χ0n) is 11.0. The molecule has 110 valence electrons. The number of hydrogen-bond donors (Lipinski definition) is 3. The fourth-order valence-electron chi connectivity index (χ4n) is 1.78. The number of carbonyl (C=O) groups is 1. The molecule has 7 heteroatoms. The Kier molecular flexibility index (Phi) is 4.25. The van der Waals surface area contributed by atoms with Gasteiger partial charge in [-0.05, 0) is 23.8 Å². The van der Waals surface area contributed by atoms with Crippen molar-refractivity contribution in [3.8, 4) is 0 Å². The Morgan fingerprint density at radius 2 is 1.81 bits per heavy atom. The van der Waals surface area contributed by atoms with Crippen molar-refractivity contribution in [3.05, 3.63) is 59.7 Å². The molecule has 0 aliphatic heterocycles. The van der Waals surface area contributed by atoms with Gasteiger partial charge in [-0.3, -0.25) is 0 Å². The average Bonchev–Trinajstić information content (AvgIpc) is 2.46. The fourth-order valence-corrected chi connectivity index (χ4v) is 2.91. The minimum Gasteiger partial charge on any atom is -0.478 e. The SMILES string of the molecule is Nc1cc(C(=O)O)ccc1S(=O)(=O)NCc1ccccc1. The van der Waals surface area contributed by atoms with Crippen LogP contribution in [0.25, 0.3) is 0 Å². The third-order valence-electron chi connectivity index (χ3n) is 2.86. The van der Waals surface area contributed by atoms with Crippen molar-refractivity contribution in [2.24, 2.45) is 0 Å². The molecule has 0 aromatic heterocycles. The first-order valence-corrected chi connectivity index (χ1v) is 7.55. The molecule has 0 saturated carbocycles. The average molecular weight is 306 g/mol. The van der Waals surface area contributed by atoms with Crippen LogP contribution in [0.2, 0.25) is 0 Å². The van der Waals surface area contributed by atoms with E-state index in [0.29, 0.717) is 0 Å². The van der Waals surface area contributed by atoms with Crippen LogP contribution in [0.5, 0.6) is 0 Å². The molecule has 2 aromatic rings. The van der Waals surface area contributed by atoms with Gasteiger partial charge in [-0.2, -0.15) is 0 Å². The summed E-state index contributed by atoms with van der Waals surface area (Å²) in [5.41, 5.74) is 6.28. The van der Waals surface area contributed by atoms with Crippen LogP contribution in [0.1, 0.15) is 15.9 Å². The second-order valence-electron chi connectivity index (χ2n) is 4.37. The van der Waals surface area contributed by atoms with Crippen LogP contribution in [0.15, 0.2) is 53.4 Å². The number of aromatic carboxylic acids is 1. The van der Waals surface area contributed by atoms with E-state index in [-0.39, 0.29) is 22.7 Å². The van der Waals surface area contributed by atoms with E-state index in [1.54, 1.807) is 24.3 Å². The van der Waals surface area contributed by atoms with E-state index in [1.165, 1.54) is 12.1 Å².